The monoisotopic (exact) mass is 223 g/mol. The van der Waals surface area contributed by atoms with Gasteiger partial charge in [-0.2, -0.15) is 0 Å². The van der Waals surface area contributed by atoms with Crippen molar-refractivity contribution in [3.63, 3.8) is 0 Å². The second kappa shape index (κ2) is 4.16. The van der Waals surface area contributed by atoms with Crippen LogP contribution in [0, 0.1) is 5.41 Å². The van der Waals surface area contributed by atoms with Crippen LogP contribution in [0.4, 0.5) is 0 Å². The predicted octanol–water partition coefficient (Wildman–Crippen LogP) is 0.157. The van der Waals surface area contributed by atoms with Crippen LogP contribution < -0.4 is 5.73 Å². The van der Waals surface area contributed by atoms with Gasteiger partial charge in [0.2, 0.25) is 0 Å². The lowest BCUT2D eigenvalue weighted by Gasteiger charge is -2.39. The quantitative estimate of drug-likeness (QED) is 0.711. The van der Waals surface area contributed by atoms with Crippen LogP contribution in [-0.4, -0.2) is 37.7 Å². The first-order chi connectivity index (χ1) is 6.02. The zero-order valence-electron chi connectivity index (χ0n) is 9.37. The van der Waals surface area contributed by atoms with Gasteiger partial charge in [-0.3, -0.25) is 0 Å². The second-order valence-corrected chi connectivity index (χ2v) is 7.13. The zero-order chi connectivity index (χ0) is 11.6. The van der Waals surface area contributed by atoms with E-state index < -0.39 is 20.9 Å². The third kappa shape index (κ3) is 3.94. The van der Waals surface area contributed by atoms with E-state index >= 15 is 0 Å². The lowest BCUT2D eigenvalue weighted by atomic mass is 9.75. The first-order valence-electron chi connectivity index (χ1n) is 4.62. The van der Waals surface area contributed by atoms with Crippen molar-refractivity contribution in [1.82, 2.24) is 0 Å². The van der Waals surface area contributed by atoms with Gasteiger partial charge in [0.05, 0.1) is 11.4 Å². The van der Waals surface area contributed by atoms with Crippen LogP contribution >= 0.6 is 0 Å². The Labute approximate surface area is 86.4 Å². The van der Waals surface area contributed by atoms with E-state index in [1.165, 1.54) is 0 Å². The summed E-state index contributed by atoms with van der Waals surface area (Å²) >= 11 is 0. The van der Waals surface area contributed by atoms with Gasteiger partial charge in [0.15, 0.2) is 0 Å². The van der Waals surface area contributed by atoms with Crippen LogP contribution in [0.3, 0.4) is 0 Å². The van der Waals surface area contributed by atoms with Gasteiger partial charge in [0.25, 0.3) is 0 Å². The van der Waals surface area contributed by atoms with Gasteiger partial charge in [-0.25, -0.2) is 8.42 Å². The zero-order valence-corrected chi connectivity index (χ0v) is 10.2. The summed E-state index contributed by atoms with van der Waals surface area (Å²) in [5.41, 5.74) is 3.95. The number of rotatable bonds is 4. The van der Waals surface area contributed by atoms with E-state index in [1.54, 1.807) is 0 Å². The Bertz CT molecular complexity index is 279. The molecule has 0 fully saturated rings. The van der Waals surface area contributed by atoms with Crippen LogP contribution in [0.1, 0.15) is 27.2 Å². The molecule has 3 N–H and O–H groups in total. The number of sulfone groups is 1. The molecule has 0 bridgehead atoms. The maximum absolute atomic E-state index is 11.0. The molecular formula is C9H21NO3S. The average molecular weight is 223 g/mol. The summed E-state index contributed by atoms with van der Waals surface area (Å²) in [4.78, 5) is 0. The fourth-order valence-corrected chi connectivity index (χ4v) is 1.85. The van der Waals surface area contributed by atoms with Crippen LogP contribution in [-0.2, 0) is 9.84 Å². The third-order valence-electron chi connectivity index (χ3n) is 2.62. The molecule has 0 aromatic carbocycles. The van der Waals surface area contributed by atoms with E-state index in [0.29, 0.717) is 0 Å². The molecule has 0 saturated heterocycles. The van der Waals surface area contributed by atoms with Gasteiger partial charge in [-0.15, -0.1) is 0 Å². The molecule has 0 amide bonds. The Kier molecular flexibility index (Phi) is 4.12. The molecule has 0 aliphatic rings. The number of hydrogen-bond donors (Lipinski definition) is 2. The lowest BCUT2D eigenvalue weighted by Crippen LogP contribution is -2.50. The highest BCUT2D eigenvalue weighted by molar-refractivity contribution is 7.90. The van der Waals surface area contributed by atoms with Crippen molar-refractivity contribution < 1.29 is 13.5 Å². The van der Waals surface area contributed by atoms with Crippen LogP contribution in [0.25, 0.3) is 0 Å². The summed E-state index contributed by atoms with van der Waals surface area (Å²) in [5.74, 6) is -0.0298. The summed E-state index contributed by atoms with van der Waals surface area (Å²) < 4.78 is 21.9. The first kappa shape index (κ1) is 13.9. The highest BCUT2D eigenvalue weighted by Crippen LogP contribution is 2.32. The number of hydrogen-bond acceptors (Lipinski definition) is 4. The summed E-state index contributed by atoms with van der Waals surface area (Å²) in [7, 11) is -3.04. The molecule has 0 heterocycles. The Morgan fingerprint density at radius 1 is 1.29 bits per heavy atom. The molecule has 0 aliphatic carbocycles. The molecule has 14 heavy (non-hydrogen) atoms. The maximum Gasteiger partial charge on any atom is 0.147 e. The predicted molar refractivity (Wildman–Crippen MR) is 57.8 cm³/mol. The van der Waals surface area contributed by atoms with Crippen molar-refractivity contribution in [3.05, 3.63) is 0 Å². The van der Waals surface area contributed by atoms with Gasteiger partial charge >= 0.3 is 0 Å². The highest BCUT2D eigenvalue weighted by Gasteiger charge is 2.38. The molecule has 86 valence electrons. The molecule has 0 saturated carbocycles. The maximum atomic E-state index is 11.0. The summed E-state index contributed by atoms with van der Waals surface area (Å²) in [6, 6.07) is 0. The van der Waals surface area contributed by atoms with Gasteiger partial charge in [0, 0.05) is 12.8 Å². The molecule has 0 aromatic heterocycles. The molecule has 1 atom stereocenters. The van der Waals surface area contributed by atoms with Crippen molar-refractivity contribution >= 4 is 9.84 Å². The van der Waals surface area contributed by atoms with Gasteiger partial charge in [0.1, 0.15) is 9.84 Å². The Morgan fingerprint density at radius 3 is 1.93 bits per heavy atom. The molecule has 0 radical (unpaired) electrons. The van der Waals surface area contributed by atoms with E-state index in [9.17, 15) is 13.5 Å². The minimum Gasteiger partial charge on any atom is -0.388 e. The summed E-state index contributed by atoms with van der Waals surface area (Å²) in [6.45, 7) is 5.62. The molecule has 0 spiro atoms. The normalized spacial score (nSPS) is 17.9. The van der Waals surface area contributed by atoms with Gasteiger partial charge in [-0.1, -0.05) is 20.8 Å². The first-order valence-corrected chi connectivity index (χ1v) is 6.68. The smallest absolute Gasteiger partial charge is 0.147 e. The second-order valence-electron chi connectivity index (χ2n) is 4.87. The topological polar surface area (TPSA) is 80.4 Å². The van der Waals surface area contributed by atoms with E-state index in [4.69, 9.17) is 5.73 Å². The van der Waals surface area contributed by atoms with E-state index in [0.717, 1.165) is 6.26 Å². The van der Waals surface area contributed by atoms with Crippen molar-refractivity contribution in [2.45, 2.75) is 32.8 Å². The lowest BCUT2D eigenvalue weighted by molar-refractivity contribution is -0.0517. The molecule has 4 nitrogen and oxygen atoms in total. The highest BCUT2D eigenvalue weighted by atomic mass is 32.2. The van der Waals surface area contributed by atoms with Crippen molar-refractivity contribution in [1.29, 1.82) is 0 Å². The van der Waals surface area contributed by atoms with Crippen molar-refractivity contribution in [3.8, 4) is 0 Å². The minimum atomic E-state index is -3.04. The Hall–Kier alpha value is -0.130. The van der Waals surface area contributed by atoms with Crippen LogP contribution in [0.5, 0.6) is 0 Å². The van der Waals surface area contributed by atoms with Crippen molar-refractivity contribution in [2.24, 2.45) is 11.1 Å². The summed E-state index contributed by atoms with van der Waals surface area (Å²) in [5, 5.41) is 10.1. The standard InChI is InChI=1S/C9H21NO3S/c1-8(2,3)9(11,7-10)5-6-14(4,12)13/h11H,5-7,10H2,1-4H3. The largest absolute Gasteiger partial charge is 0.388 e. The van der Waals surface area contributed by atoms with E-state index in [2.05, 4.69) is 0 Å². The Balaban J connectivity index is 4.59. The van der Waals surface area contributed by atoms with Gasteiger partial charge in [-0.05, 0) is 11.8 Å². The fraction of sp³-hybridized carbons (Fsp3) is 1.00. The Morgan fingerprint density at radius 2 is 1.71 bits per heavy atom. The number of nitrogens with two attached hydrogens (primary N) is 1. The van der Waals surface area contributed by atoms with Crippen molar-refractivity contribution in [2.75, 3.05) is 18.6 Å². The fourth-order valence-electron chi connectivity index (χ4n) is 1.14. The van der Waals surface area contributed by atoms with Crippen LogP contribution in [0.15, 0.2) is 0 Å². The minimum absolute atomic E-state index is 0.0298. The average Bonchev–Trinajstić information content (AvgIpc) is 1.96. The third-order valence-corrected chi connectivity index (χ3v) is 3.57. The molecular weight excluding hydrogens is 202 g/mol. The molecule has 0 aromatic rings. The molecule has 0 rings (SSSR count). The number of aliphatic hydroxyl groups is 1. The molecule has 0 aliphatic heterocycles. The van der Waals surface area contributed by atoms with Gasteiger partial charge < -0.3 is 10.8 Å². The SMILES string of the molecule is CC(C)(C)C(O)(CN)CCS(C)(=O)=O. The molecule has 1 unspecified atom stereocenters. The van der Waals surface area contributed by atoms with E-state index in [-0.39, 0.29) is 18.7 Å². The van der Waals surface area contributed by atoms with Crippen LogP contribution in [0.2, 0.25) is 0 Å². The summed E-state index contributed by atoms with van der Waals surface area (Å²) in [6.07, 6.45) is 1.35. The van der Waals surface area contributed by atoms with E-state index in [1.807, 2.05) is 20.8 Å². The molecule has 5 heteroatoms.